The number of carbonyl (C=O) groups excluding carboxylic acids is 1. The zero-order chi connectivity index (χ0) is 17.0. The van der Waals surface area contributed by atoms with Crippen molar-refractivity contribution in [3.05, 3.63) is 35.9 Å². The van der Waals surface area contributed by atoms with Gasteiger partial charge in [-0.2, -0.15) is 0 Å². The summed E-state index contributed by atoms with van der Waals surface area (Å²) in [5, 5.41) is 9.53. The van der Waals surface area contributed by atoms with Gasteiger partial charge in [0.25, 0.3) is 0 Å². The molecule has 4 heteroatoms. The molecule has 2 saturated heterocycles. The lowest BCUT2D eigenvalue weighted by Gasteiger charge is -2.39. The van der Waals surface area contributed by atoms with E-state index in [2.05, 4.69) is 34.1 Å². The van der Waals surface area contributed by atoms with Crippen LogP contribution in [0.2, 0.25) is 0 Å². The van der Waals surface area contributed by atoms with Gasteiger partial charge in [0.2, 0.25) is 5.91 Å². The molecule has 2 aliphatic rings. The zero-order valence-electron chi connectivity index (χ0n) is 14.8. The summed E-state index contributed by atoms with van der Waals surface area (Å²) >= 11 is 0. The van der Waals surface area contributed by atoms with Crippen LogP contribution < -0.4 is 0 Å². The van der Waals surface area contributed by atoms with Gasteiger partial charge in [-0.1, -0.05) is 30.3 Å². The number of amides is 1. The van der Waals surface area contributed by atoms with Crippen LogP contribution in [0, 0.1) is 5.41 Å². The third-order valence-corrected chi connectivity index (χ3v) is 5.58. The van der Waals surface area contributed by atoms with Gasteiger partial charge in [0, 0.05) is 26.1 Å². The van der Waals surface area contributed by atoms with Crippen LogP contribution in [-0.4, -0.2) is 59.6 Å². The first kappa shape index (κ1) is 17.4. The SMILES string of the molecule is C[C@@H](O)CN1CCC2(CC1)CC(=O)N(CCCc1ccccc1)C2. The van der Waals surface area contributed by atoms with E-state index in [4.69, 9.17) is 0 Å². The number of hydrogen-bond acceptors (Lipinski definition) is 3. The summed E-state index contributed by atoms with van der Waals surface area (Å²) in [4.78, 5) is 16.8. The van der Waals surface area contributed by atoms with Gasteiger partial charge in [0.1, 0.15) is 0 Å². The van der Waals surface area contributed by atoms with Crippen LogP contribution in [0.1, 0.15) is 38.2 Å². The van der Waals surface area contributed by atoms with Crippen molar-refractivity contribution in [1.29, 1.82) is 0 Å². The highest BCUT2D eigenvalue weighted by atomic mass is 16.3. The number of aliphatic hydroxyl groups excluding tert-OH is 1. The molecule has 1 atom stereocenters. The Hall–Kier alpha value is -1.39. The van der Waals surface area contributed by atoms with Crippen LogP contribution in [0.3, 0.4) is 0 Å². The normalized spacial score (nSPS) is 22.2. The molecule has 0 aromatic heterocycles. The molecular formula is C20H30N2O2. The summed E-state index contributed by atoms with van der Waals surface area (Å²) in [6.45, 7) is 6.44. The standard InChI is InChI=1S/C20H30N2O2/c1-17(23)15-21-12-9-20(10-13-21)14-19(24)22(16-20)11-5-8-18-6-3-2-4-7-18/h2-4,6-7,17,23H,5,8-16H2,1H3/t17-/m1/s1. The minimum Gasteiger partial charge on any atom is -0.392 e. The van der Waals surface area contributed by atoms with Crippen LogP contribution in [0.5, 0.6) is 0 Å². The highest BCUT2D eigenvalue weighted by Gasteiger charge is 2.44. The largest absolute Gasteiger partial charge is 0.392 e. The molecular weight excluding hydrogens is 300 g/mol. The second-order valence-electron chi connectivity index (χ2n) is 7.73. The molecule has 2 heterocycles. The summed E-state index contributed by atoms with van der Waals surface area (Å²) in [6, 6.07) is 10.5. The molecule has 1 N–H and O–H groups in total. The maximum Gasteiger partial charge on any atom is 0.223 e. The predicted molar refractivity (Wildman–Crippen MR) is 95.7 cm³/mol. The van der Waals surface area contributed by atoms with E-state index in [-0.39, 0.29) is 11.5 Å². The highest BCUT2D eigenvalue weighted by molar-refractivity contribution is 5.79. The van der Waals surface area contributed by atoms with Crippen LogP contribution in [-0.2, 0) is 11.2 Å². The number of β-amino-alcohol motifs (C(OH)–C–C–N with tert-alkyl or cyclic N) is 1. The Balaban J connectivity index is 1.46. The molecule has 1 amide bonds. The van der Waals surface area contributed by atoms with E-state index in [0.29, 0.717) is 5.91 Å². The fourth-order valence-electron chi connectivity index (χ4n) is 4.22. The quantitative estimate of drug-likeness (QED) is 0.870. The first-order chi connectivity index (χ1) is 11.6. The average Bonchev–Trinajstić information content (AvgIpc) is 2.86. The van der Waals surface area contributed by atoms with Gasteiger partial charge in [0.05, 0.1) is 6.10 Å². The van der Waals surface area contributed by atoms with E-state index < -0.39 is 0 Å². The molecule has 0 unspecified atom stereocenters. The van der Waals surface area contributed by atoms with Crippen LogP contribution in [0.15, 0.2) is 30.3 Å². The Morgan fingerprint density at radius 3 is 2.58 bits per heavy atom. The minimum absolute atomic E-state index is 0.193. The summed E-state index contributed by atoms with van der Waals surface area (Å²) in [6.07, 6.45) is 4.71. The molecule has 1 aromatic rings. The Bertz CT molecular complexity index is 536. The highest BCUT2D eigenvalue weighted by Crippen LogP contribution is 2.41. The second-order valence-corrected chi connectivity index (χ2v) is 7.73. The van der Waals surface area contributed by atoms with Gasteiger partial charge in [0.15, 0.2) is 0 Å². The van der Waals surface area contributed by atoms with Crippen LogP contribution >= 0.6 is 0 Å². The first-order valence-electron chi connectivity index (χ1n) is 9.28. The van der Waals surface area contributed by atoms with Crippen molar-refractivity contribution in [2.75, 3.05) is 32.7 Å². The zero-order valence-corrected chi connectivity index (χ0v) is 14.8. The minimum atomic E-state index is -0.265. The van der Waals surface area contributed by atoms with Gasteiger partial charge < -0.3 is 14.9 Å². The number of nitrogens with zero attached hydrogens (tertiary/aromatic N) is 2. The Morgan fingerprint density at radius 2 is 1.92 bits per heavy atom. The van der Waals surface area contributed by atoms with E-state index in [1.165, 1.54) is 5.56 Å². The molecule has 132 valence electrons. The molecule has 0 aliphatic carbocycles. The number of carbonyl (C=O) groups is 1. The molecule has 2 fully saturated rings. The van der Waals surface area contributed by atoms with Gasteiger partial charge in [-0.15, -0.1) is 0 Å². The number of aryl methyl sites for hydroxylation is 1. The van der Waals surface area contributed by atoms with E-state index in [0.717, 1.165) is 64.8 Å². The first-order valence-corrected chi connectivity index (χ1v) is 9.28. The van der Waals surface area contributed by atoms with Gasteiger partial charge in [-0.05, 0) is 56.7 Å². The molecule has 24 heavy (non-hydrogen) atoms. The van der Waals surface area contributed by atoms with Gasteiger partial charge in [-0.3, -0.25) is 4.79 Å². The number of likely N-dealkylation sites (tertiary alicyclic amines) is 2. The number of benzene rings is 1. The Labute approximate surface area is 145 Å². The third kappa shape index (κ3) is 4.37. The second kappa shape index (κ2) is 7.66. The van der Waals surface area contributed by atoms with Gasteiger partial charge >= 0.3 is 0 Å². The van der Waals surface area contributed by atoms with Crippen molar-refractivity contribution >= 4 is 5.91 Å². The smallest absolute Gasteiger partial charge is 0.223 e. The number of hydrogen-bond donors (Lipinski definition) is 1. The molecule has 0 saturated carbocycles. The topological polar surface area (TPSA) is 43.8 Å². The monoisotopic (exact) mass is 330 g/mol. The molecule has 1 spiro atoms. The van der Waals surface area contributed by atoms with Crippen molar-refractivity contribution in [2.24, 2.45) is 5.41 Å². The van der Waals surface area contributed by atoms with Crippen molar-refractivity contribution in [3.8, 4) is 0 Å². The third-order valence-electron chi connectivity index (χ3n) is 5.58. The number of rotatable bonds is 6. The van der Waals surface area contributed by atoms with Crippen molar-refractivity contribution in [2.45, 2.75) is 45.1 Å². The van der Waals surface area contributed by atoms with Gasteiger partial charge in [-0.25, -0.2) is 0 Å². The lowest BCUT2D eigenvalue weighted by molar-refractivity contribution is -0.127. The fraction of sp³-hybridized carbons (Fsp3) is 0.650. The summed E-state index contributed by atoms with van der Waals surface area (Å²) < 4.78 is 0. The molecule has 0 bridgehead atoms. The summed E-state index contributed by atoms with van der Waals surface area (Å²) in [5.41, 5.74) is 1.55. The lowest BCUT2D eigenvalue weighted by atomic mass is 9.77. The van der Waals surface area contributed by atoms with E-state index in [1.807, 2.05) is 13.0 Å². The van der Waals surface area contributed by atoms with Crippen molar-refractivity contribution in [1.82, 2.24) is 9.80 Å². The lowest BCUT2D eigenvalue weighted by Crippen LogP contribution is -2.43. The molecule has 1 aromatic carbocycles. The van der Waals surface area contributed by atoms with E-state index >= 15 is 0 Å². The van der Waals surface area contributed by atoms with E-state index in [9.17, 15) is 9.90 Å². The molecule has 2 aliphatic heterocycles. The molecule has 0 radical (unpaired) electrons. The maximum atomic E-state index is 12.4. The Kier molecular flexibility index (Phi) is 5.57. The van der Waals surface area contributed by atoms with Crippen LogP contribution in [0.25, 0.3) is 0 Å². The van der Waals surface area contributed by atoms with Crippen molar-refractivity contribution in [3.63, 3.8) is 0 Å². The number of aliphatic hydroxyl groups is 1. The summed E-state index contributed by atoms with van der Waals surface area (Å²) in [7, 11) is 0. The molecule has 4 nitrogen and oxygen atoms in total. The fourth-order valence-corrected chi connectivity index (χ4v) is 4.22. The average molecular weight is 330 g/mol. The van der Waals surface area contributed by atoms with E-state index in [1.54, 1.807) is 0 Å². The summed E-state index contributed by atoms with van der Waals surface area (Å²) in [5.74, 6) is 0.340. The van der Waals surface area contributed by atoms with Crippen molar-refractivity contribution < 1.29 is 9.90 Å². The van der Waals surface area contributed by atoms with Crippen LogP contribution in [0.4, 0.5) is 0 Å². The Morgan fingerprint density at radius 1 is 1.21 bits per heavy atom. The predicted octanol–water partition coefficient (Wildman–Crippen LogP) is 2.31. The maximum absolute atomic E-state index is 12.4. The molecule has 3 rings (SSSR count). The number of piperidine rings is 1.